The van der Waals surface area contributed by atoms with Gasteiger partial charge in [0.25, 0.3) is 5.91 Å². The van der Waals surface area contributed by atoms with Crippen molar-refractivity contribution in [3.63, 3.8) is 0 Å². The molecule has 132 valence electrons. The van der Waals surface area contributed by atoms with E-state index >= 15 is 0 Å². The molecule has 0 bridgehead atoms. The van der Waals surface area contributed by atoms with Gasteiger partial charge in [0.15, 0.2) is 0 Å². The maximum Gasteiger partial charge on any atom is 0.272 e. The second-order valence-corrected chi connectivity index (χ2v) is 6.33. The molecule has 1 aromatic heterocycles. The number of carbonyl (C=O) groups is 1. The maximum absolute atomic E-state index is 12.6. The highest BCUT2D eigenvalue weighted by Crippen LogP contribution is 2.17. The Balaban J connectivity index is 1.60. The molecular formula is C20H26N4O. The zero-order chi connectivity index (χ0) is 17.6. The summed E-state index contributed by atoms with van der Waals surface area (Å²) in [6.45, 7) is 8.77. The number of piperazine rings is 1. The lowest BCUT2D eigenvalue weighted by molar-refractivity contribution is 0.0637. The van der Waals surface area contributed by atoms with Gasteiger partial charge in [0.1, 0.15) is 5.69 Å². The van der Waals surface area contributed by atoms with Crippen LogP contribution in [0.25, 0.3) is 0 Å². The van der Waals surface area contributed by atoms with Crippen LogP contribution in [0.3, 0.4) is 0 Å². The number of anilines is 2. The second-order valence-electron chi connectivity index (χ2n) is 6.33. The first-order valence-corrected chi connectivity index (χ1v) is 9.03. The first-order chi connectivity index (χ1) is 12.2. The largest absolute Gasteiger partial charge is 0.354 e. The number of likely N-dealkylation sites (N-methyl/N-ethyl adjacent to an activating group) is 1. The number of nitrogens with one attached hydrogen (secondary N) is 1. The molecule has 1 N–H and O–H groups in total. The third-order valence-corrected chi connectivity index (χ3v) is 4.74. The van der Waals surface area contributed by atoms with E-state index < -0.39 is 0 Å². The number of carbonyl (C=O) groups excluding carboxylic acids is 1. The van der Waals surface area contributed by atoms with Crippen LogP contribution in [0.15, 0.2) is 42.6 Å². The van der Waals surface area contributed by atoms with Crippen LogP contribution in [0.1, 0.15) is 29.9 Å². The molecule has 5 nitrogen and oxygen atoms in total. The fourth-order valence-electron chi connectivity index (χ4n) is 3.01. The quantitative estimate of drug-likeness (QED) is 0.910. The molecule has 25 heavy (non-hydrogen) atoms. The lowest BCUT2D eigenvalue weighted by atomic mass is 10.1. The topological polar surface area (TPSA) is 48.5 Å². The molecule has 1 aliphatic heterocycles. The molecular weight excluding hydrogens is 312 g/mol. The summed E-state index contributed by atoms with van der Waals surface area (Å²) in [7, 11) is 0. The maximum atomic E-state index is 12.6. The molecule has 0 saturated carbocycles. The minimum absolute atomic E-state index is 0.0228. The summed E-state index contributed by atoms with van der Waals surface area (Å²) < 4.78 is 0. The van der Waals surface area contributed by atoms with Crippen molar-refractivity contribution in [2.45, 2.75) is 20.3 Å². The van der Waals surface area contributed by atoms with E-state index in [2.05, 4.69) is 53.3 Å². The van der Waals surface area contributed by atoms with Gasteiger partial charge in [-0.15, -0.1) is 0 Å². The Labute approximate surface area is 149 Å². The van der Waals surface area contributed by atoms with Gasteiger partial charge in [-0.25, -0.2) is 4.98 Å². The predicted octanol–water partition coefficient (Wildman–Crippen LogP) is 3.17. The summed E-state index contributed by atoms with van der Waals surface area (Å²) in [4.78, 5) is 21.2. The molecule has 1 aromatic carbocycles. The predicted molar refractivity (Wildman–Crippen MR) is 101 cm³/mol. The molecule has 1 saturated heterocycles. The Kier molecular flexibility index (Phi) is 5.66. The van der Waals surface area contributed by atoms with E-state index in [1.165, 1.54) is 5.56 Å². The van der Waals surface area contributed by atoms with Crippen LogP contribution >= 0.6 is 0 Å². The van der Waals surface area contributed by atoms with Gasteiger partial charge >= 0.3 is 0 Å². The third-order valence-electron chi connectivity index (χ3n) is 4.74. The number of benzene rings is 1. The van der Waals surface area contributed by atoms with Gasteiger partial charge < -0.3 is 15.1 Å². The van der Waals surface area contributed by atoms with Crippen LogP contribution in [0, 0.1) is 0 Å². The number of aryl methyl sites for hydroxylation is 1. The zero-order valence-electron chi connectivity index (χ0n) is 15.0. The number of pyridine rings is 1. The monoisotopic (exact) mass is 338 g/mol. The summed E-state index contributed by atoms with van der Waals surface area (Å²) in [5, 5.41) is 3.32. The van der Waals surface area contributed by atoms with Crippen LogP contribution in [0.4, 0.5) is 11.4 Å². The molecule has 0 atom stereocenters. The van der Waals surface area contributed by atoms with Gasteiger partial charge in [-0.05, 0) is 42.8 Å². The Morgan fingerprint density at radius 2 is 1.68 bits per heavy atom. The van der Waals surface area contributed by atoms with Crippen molar-refractivity contribution < 1.29 is 4.79 Å². The number of amides is 1. The Morgan fingerprint density at radius 3 is 2.24 bits per heavy atom. The smallest absolute Gasteiger partial charge is 0.272 e. The van der Waals surface area contributed by atoms with Crippen molar-refractivity contribution in [2.75, 3.05) is 38.0 Å². The average molecular weight is 338 g/mol. The molecule has 0 unspecified atom stereocenters. The molecule has 5 heteroatoms. The fourth-order valence-corrected chi connectivity index (χ4v) is 3.01. The molecule has 3 rings (SSSR count). The van der Waals surface area contributed by atoms with Gasteiger partial charge in [0, 0.05) is 31.9 Å². The first-order valence-electron chi connectivity index (χ1n) is 9.03. The lowest BCUT2D eigenvalue weighted by Gasteiger charge is -2.33. The summed E-state index contributed by atoms with van der Waals surface area (Å²) in [5.41, 5.74) is 3.73. The SMILES string of the molecule is CCc1ccc(Nc2ccc(C(=O)N3CCN(CC)CC3)nc2)cc1. The normalized spacial score (nSPS) is 15.2. The molecule has 0 spiro atoms. The van der Waals surface area contributed by atoms with Crippen LogP contribution in [0.2, 0.25) is 0 Å². The Hall–Kier alpha value is -2.40. The molecule has 0 aliphatic carbocycles. The molecule has 2 aromatic rings. The van der Waals surface area contributed by atoms with Gasteiger partial charge in [-0.3, -0.25) is 4.79 Å². The highest BCUT2D eigenvalue weighted by Gasteiger charge is 2.21. The van der Waals surface area contributed by atoms with Crippen molar-refractivity contribution in [1.82, 2.24) is 14.8 Å². The second kappa shape index (κ2) is 8.12. The minimum Gasteiger partial charge on any atom is -0.354 e. The van der Waals surface area contributed by atoms with Crippen molar-refractivity contribution in [1.29, 1.82) is 0 Å². The van der Waals surface area contributed by atoms with Crippen molar-refractivity contribution in [2.24, 2.45) is 0 Å². The first kappa shape index (κ1) is 17.4. The van der Waals surface area contributed by atoms with Gasteiger partial charge in [0.2, 0.25) is 0 Å². The average Bonchev–Trinajstić information content (AvgIpc) is 2.69. The van der Waals surface area contributed by atoms with Gasteiger partial charge in [-0.2, -0.15) is 0 Å². The van der Waals surface area contributed by atoms with E-state index in [1.54, 1.807) is 12.3 Å². The van der Waals surface area contributed by atoms with E-state index in [-0.39, 0.29) is 5.91 Å². The number of hydrogen-bond acceptors (Lipinski definition) is 4. The van der Waals surface area contributed by atoms with Crippen molar-refractivity contribution in [3.8, 4) is 0 Å². The van der Waals surface area contributed by atoms with Crippen LogP contribution in [-0.4, -0.2) is 53.4 Å². The van der Waals surface area contributed by atoms with E-state index in [1.807, 2.05) is 11.0 Å². The molecule has 1 fully saturated rings. The van der Waals surface area contributed by atoms with E-state index in [0.29, 0.717) is 5.69 Å². The molecule has 2 heterocycles. The van der Waals surface area contributed by atoms with E-state index in [0.717, 1.165) is 50.5 Å². The third kappa shape index (κ3) is 4.37. The van der Waals surface area contributed by atoms with Crippen molar-refractivity contribution in [3.05, 3.63) is 53.9 Å². The number of hydrogen-bond donors (Lipinski definition) is 1. The van der Waals surface area contributed by atoms with E-state index in [9.17, 15) is 4.79 Å². The zero-order valence-corrected chi connectivity index (χ0v) is 15.0. The minimum atomic E-state index is 0.0228. The Bertz CT molecular complexity index is 689. The molecule has 1 aliphatic rings. The van der Waals surface area contributed by atoms with Crippen LogP contribution in [0.5, 0.6) is 0 Å². The van der Waals surface area contributed by atoms with Crippen molar-refractivity contribution >= 4 is 17.3 Å². The van der Waals surface area contributed by atoms with Crippen LogP contribution < -0.4 is 5.32 Å². The summed E-state index contributed by atoms with van der Waals surface area (Å²) in [5.74, 6) is 0.0228. The number of nitrogens with zero attached hydrogens (tertiary/aromatic N) is 3. The standard InChI is InChI=1S/C20H26N4O/c1-3-16-5-7-17(8-6-16)22-18-9-10-19(21-15-18)20(25)24-13-11-23(4-2)12-14-24/h5-10,15,22H,3-4,11-14H2,1-2H3. The number of rotatable bonds is 5. The highest BCUT2D eigenvalue weighted by molar-refractivity contribution is 5.92. The summed E-state index contributed by atoms with van der Waals surface area (Å²) in [6.07, 6.45) is 2.76. The summed E-state index contributed by atoms with van der Waals surface area (Å²) in [6, 6.07) is 12.1. The lowest BCUT2D eigenvalue weighted by Crippen LogP contribution is -2.48. The van der Waals surface area contributed by atoms with E-state index in [4.69, 9.17) is 0 Å². The Morgan fingerprint density at radius 1 is 1.00 bits per heavy atom. The molecule has 0 radical (unpaired) electrons. The summed E-state index contributed by atoms with van der Waals surface area (Å²) >= 11 is 0. The number of aromatic nitrogens is 1. The van der Waals surface area contributed by atoms with Gasteiger partial charge in [0.05, 0.1) is 11.9 Å². The van der Waals surface area contributed by atoms with Crippen LogP contribution in [-0.2, 0) is 6.42 Å². The molecule has 1 amide bonds. The van der Waals surface area contributed by atoms with Gasteiger partial charge in [-0.1, -0.05) is 26.0 Å². The highest BCUT2D eigenvalue weighted by atomic mass is 16.2. The fraction of sp³-hybridized carbons (Fsp3) is 0.400.